The molecule has 2 rings (SSSR count). The van der Waals surface area contributed by atoms with Crippen LogP contribution in [-0.4, -0.2) is 18.2 Å². The molecule has 0 amide bonds. The van der Waals surface area contributed by atoms with Gasteiger partial charge in [0.25, 0.3) is 0 Å². The van der Waals surface area contributed by atoms with Crippen LogP contribution in [0.4, 0.5) is 5.69 Å². The van der Waals surface area contributed by atoms with Crippen LogP contribution in [0.25, 0.3) is 0 Å². The first-order valence-corrected chi connectivity index (χ1v) is 8.15. The van der Waals surface area contributed by atoms with Gasteiger partial charge in [0.05, 0.1) is 18.7 Å². The summed E-state index contributed by atoms with van der Waals surface area (Å²) in [5.74, 6) is -0.370. The summed E-state index contributed by atoms with van der Waals surface area (Å²) >= 11 is 5.41. The molecular formula is C19H22N2O2S. The van der Waals surface area contributed by atoms with Crippen LogP contribution in [0.1, 0.15) is 40.0 Å². The van der Waals surface area contributed by atoms with Gasteiger partial charge < -0.3 is 15.4 Å². The van der Waals surface area contributed by atoms with Gasteiger partial charge in [-0.05, 0) is 61.8 Å². The maximum Gasteiger partial charge on any atom is 0.337 e. The summed E-state index contributed by atoms with van der Waals surface area (Å²) in [5, 5.41) is 6.95. The lowest BCUT2D eigenvalue weighted by atomic mass is 10.0. The second-order valence-corrected chi connectivity index (χ2v) is 6.11. The highest BCUT2D eigenvalue weighted by molar-refractivity contribution is 7.80. The van der Waals surface area contributed by atoms with E-state index < -0.39 is 0 Å². The quantitative estimate of drug-likeness (QED) is 0.646. The third-order valence-corrected chi connectivity index (χ3v) is 4.13. The molecule has 5 heteroatoms. The average molecular weight is 342 g/mol. The van der Waals surface area contributed by atoms with E-state index in [0.717, 1.165) is 11.3 Å². The maximum absolute atomic E-state index is 11.7. The van der Waals surface area contributed by atoms with E-state index in [0.29, 0.717) is 10.7 Å². The number of hydrogen-bond donors (Lipinski definition) is 2. The van der Waals surface area contributed by atoms with Gasteiger partial charge in [-0.15, -0.1) is 0 Å². The number of anilines is 1. The number of methoxy groups -OCH3 is 1. The smallest absolute Gasteiger partial charge is 0.337 e. The SMILES string of the molecule is COC(=O)c1ccc(C)c(NC(=S)NC(C)c2ccccc2C)c1. The molecule has 1 unspecified atom stereocenters. The van der Waals surface area contributed by atoms with Gasteiger partial charge in [-0.25, -0.2) is 4.79 Å². The van der Waals surface area contributed by atoms with Crippen molar-refractivity contribution < 1.29 is 9.53 Å². The number of carbonyl (C=O) groups excluding carboxylic acids is 1. The van der Waals surface area contributed by atoms with E-state index in [-0.39, 0.29) is 12.0 Å². The molecule has 0 radical (unpaired) electrons. The van der Waals surface area contributed by atoms with E-state index in [4.69, 9.17) is 17.0 Å². The Hall–Kier alpha value is -2.40. The number of benzene rings is 2. The molecule has 0 saturated heterocycles. The molecule has 2 aromatic carbocycles. The van der Waals surface area contributed by atoms with E-state index in [9.17, 15) is 4.79 Å². The van der Waals surface area contributed by atoms with Crippen LogP contribution in [0.3, 0.4) is 0 Å². The van der Waals surface area contributed by atoms with Gasteiger partial charge >= 0.3 is 5.97 Å². The van der Waals surface area contributed by atoms with Gasteiger partial charge in [-0.2, -0.15) is 0 Å². The van der Waals surface area contributed by atoms with Crippen molar-refractivity contribution in [2.75, 3.05) is 12.4 Å². The fraction of sp³-hybridized carbons (Fsp3) is 0.263. The summed E-state index contributed by atoms with van der Waals surface area (Å²) in [7, 11) is 1.37. The lowest BCUT2D eigenvalue weighted by Crippen LogP contribution is -2.31. The number of aryl methyl sites for hydroxylation is 2. The minimum atomic E-state index is -0.370. The Labute approximate surface area is 148 Å². The number of rotatable bonds is 4. The molecule has 0 aromatic heterocycles. The molecule has 4 nitrogen and oxygen atoms in total. The Morgan fingerprint density at radius 1 is 1.12 bits per heavy atom. The number of ether oxygens (including phenoxy) is 1. The predicted molar refractivity (Wildman–Crippen MR) is 101 cm³/mol. The molecule has 126 valence electrons. The molecule has 0 fully saturated rings. The molecule has 0 saturated carbocycles. The van der Waals surface area contributed by atoms with Crippen molar-refractivity contribution in [2.45, 2.75) is 26.8 Å². The van der Waals surface area contributed by atoms with Crippen LogP contribution in [0.15, 0.2) is 42.5 Å². The Kier molecular flexibility index (Phi) is 5.93. The molecule has 0 aliphatic rings. The molecule has 1 atom stereocenters. The van der Waals surface area contributed by atoms with Crippen LogP contribution >= 0.6 is 12.2 Å². The van der Waals surface area contributed by atoms with E-state index in [2.05, 4.69) is 36.6 Å². The van der Waals surface area contributed by atoms with Gasteiger partial charge in [0.2, 0.25) is 0 Å². The summed E-state index contributed by atoms with van der Waals surface area (Å²) in [6.45, 7) is 6.10. The highest BCUT2D eigenvalue weighted by Crippen LogP contribution is 2.19. The van der Waals surface area contributed by atoms with Crippen LogP contribution in [0.5, 0.6) is 0 Å². The fourth-order valence-electron chi connectivity index (χ4n) is 2.51. The van der Waals surface area contributed by atoms with Crippen molar-refractivity contribution in [3.8, 4) is 0 Å². The lowest BCUT2D eigenvalue weighted by molar-refractivity contribution is 0.0601. The summed E-state index contributed by atoms with van der Waals surface area (Å²) in [5.41, 5.74) is 4.67. The van der Waals surface area contributed by atoms with Gasteiger partial charge in [-0.1, -0.05) is 30.3 Å². The predicted octanol–water partition coefficient (Wildman–Crippen LogP) is 4.14. The molecule has 2 N–H and O–H groups in total. The summed E-state index contributed by atoms with van der Waals surface area (Å²) in [6.07, 6.45) is 0. The Bertz CT molecular complexity index is 759. The molecule has 24 heavy (non-hydrogen) atoms. The fourth-order valence-corrected chi connectivity index (χ4v) is 2.79. The zero-order valence-corrected chi connectivity index (χ0v) is 15.2. The van der Waals surface area contributed by atoms with Gasteiger partial charge in [0.15, 0.2) is 5.11 Å². The monoisotopic (exact) mass is 342 g/mol. The number of hydrogen-bond acceptors (Lipinski definition) is 3. The van der Waals surface area contributed by atoms with Crippen molar-refractivity contribution in [1.82, 2.24) is 5.32 Å². The van der Waals surface area contributed by atoms with Gasteiger partial charge in [0.1, 0.15) is 0 Å². The van der Waals surface area contributed by atoms with Crippen LogP contribution in [0.2, 0.25) is 0 Å². The van der Waals surface area contributed by atoms with Gasteiger partial charge in [0, 0.05) is 5.69 Å². The largest absolute Gasteiger partial charge is 0.465 e. The number of nitrogens with one attached hydrogen (secondary N) is 2. The molecule has 0 heterocycles. The number of esters is 1. The third-order valence-electron chi connectivity index (χ3n) is 3.91. The number of thiocarbonyl (C=S) groups is 1. The standard InChI is InChI=1S/C19H22N2O2S/c1-12-7-5-6-8-16(12)14(3)20-19(24)21-17-11-15(18(22)23-4)10-9-13(17)2/h5-11,14H,1-4H3,(H2,20,21,24). The third kappa shape index (κ3) is 4.32. The summed E-state index contributed by atoms with van der Waals surface area (Å²) < 4.78 is 4.76. The molecule has 0 bridgehead atoms. The Morgan fingerprint density at radius 2 is 1.83 bits per heavy atom. The maximum atomic E-state index is 11.7. The van der Waals surface area contributed by atoms with Crippen molar-refractivity contribution in [3.63, 3.8) is 0 Å². The lowest BCUT2D eigenvalue weighted by Gasteiger charge is -2.20. The summed E-state index contributed by atoms with van der Waals surface area (Å²) in [6, 6.07) is 13.6. The van der Waals surface area contributed by atoms with Crippen molar-refractivity contribution in [3.05, 3.63) is 64.7 Å². The first-order chi connectivity index (χ1) is 11.4. The second kappa shape index (κ2) is 7.93. The van der Waals surface area contributed by atoms with Crippen molar-refractivity contribution in [1.29, 1.82) is 0 Å². The Balaban J connectivity index is 2.10. The zero-order chi connectivity index (χ0) is 17.7. The molecule has 0 spiro atoms. The normalized spacial score (nSPS) is 11.5. The topological polar surface area (TPSA) is 50.4 Å². The Morgan fingerprint density at radius 3 is 2.50 bits per heavy atom. The second-order valence-electron chi connectivity index (χ2n) is 5.70. The summed E-state index contributed by atoms with van der Waals surface area (Å²) in [4.78, 5) is 11.7. The van der Waals surface area contributed by atoms with E-state index in [1.54, 1.807) is 12.1 Å². The number of carbonyl (C=O) groups is 1. The van der Waals surface area contributed by atoms with E-state index >= 15 is 0 Å². The van der Waals surface area contributed by atoms with Crippen LogP contribution in [-0.2, 0) is 4.74 Å². The first kappa shape index (κ1) is 17.9. The molecule has 2 aromatic rings. The van der Waals surface area contributed by atoms with Gasteiger partial charge in [-0.3, -0.25) is 0 Å². The van der Waals surface area contributed by atoms with Crippen LogP contribution in [0, 0.1) is 13.8 Å². The van der Waals surface area contributed by atoms with Crippen molar-refractivity contribution in [2.24, 2.45) is 0 Å². The average Bonchev–Trinajstić information content (AvgIpc) is 2.56. The molecular weight excluding hydrogens is 320 g/mol. The minimum absolute atomic E-state index is 0.0790. The zero-order valence-electron chi connectivity index (χ0n) is 14.3. The van der Waals surface area contributed by atoms with Crippen molar-refractivity contribution >= 4 is 29.0 Å². The molecule has 0 aliphatic heterocycles. The highest BCUT2D eigenvalue weighted by atomic mass is 32.1. The van der Waals surface area contributed by atoms with E-state index in [1.165, 1.54) is 18.2 Å². The minimum Gasteiger partial charge on any atom is -0.465 e. The van der Waals surface area contributed by atoms with E-state index in [1.807, 2.05) is 25.1 Å². The molecule has 0 aliphatic carbocycles. The van der Waals surface area contributed by atoms with Crippen LogP contribution < -0.4 is 10.6 Å². The first-order valence-electron chi connectivity index (χ1n) is 7.74. The highest BCUT2D eigenvalue weighted by Gasteiger charge is 2.12.